The van der Waals surface area contributed by atoms with Crippen LogP contribution in [0.5, 0.6) is 0 Å². The molecule has 1 fully saturated rings. The van der Waals surface area contributed by atoms with Crippen molar-refractivity contribution in [1.82, 2.24) is 10.2 Å². The Morgan fingerprint density at radius 2 is 2.00 bits per heavy atom. The molecule has 1 aliphatic carbocycles. The summed E-state index contributed by atoms with van der Waals surface area (Å²) in [4.78, 5) is 1.75. The van der Waals surface area contributed by atoms with Crippen LogP contribution >= 0.6 is 0 Å². The van der Waals surface area contributed by atoms with Crippen molar-refractivity contribution in [3.63, 3.8) is 0 Å². The van der Waals surface area contributed by atoms with E-state index in [1.807, 2.05) is 7.05 Å². The summed E-state index contributed by atoms with van der Waals surface area (Å²) in [6.45, 7) is 0.683. The maximum Gasteiger partial charge on any atom is 0.251 e. The smallest absolute Gasteiger partial charge is 0.251 e. The summed E-state index contributed by atoms with van der Waals surface area (Å²) in [5.41, 5.74) is 0. The normalized spacial score (nSPS) is 27.6. The van der Waals surface area contributed by atoms with Gasteiger partial charge in [-0.3, -0.25) is 0 Å². The summed E-state index contributed by atoms with van der Waals surface area (Å²) >= 11 is 0. The van der Waals surface area contributed by atoms with Gasteiger partial charge in [0.25, 0.3) is 6.43 Å². The first-order valence-corrected chi connectivity index (χ1v) is 5.77. The Morgan fingerprint density at radius 3 is 2.60 bits per heavy atom. The van der Waals surface area contributed by atoms with Crippen molar-refractivity contribution in [2.24, 2.45) is 5.92 Å². The van der Waals surface area contributed by atoms with E-state index in [2.05, 4.69) is 5.32 Å². The van der Waals surface area contributed by atoms with E-state index < -0.39 is 6.43 Å². The van der Waals surface area contributed by atoms with Crippen molar-refractivity contribution in [3.8, 4) is 0 Å². The molecule has 0 heterocycles. The fourth-order valence-electron chi connectivity index (χ4n) is 2.52. The molecule has 15 heavy (non-hydrogen) atoms. The predicted molar refractivity (Wildman–Crippen MR) is 58.3 cm³/mol. The molecule has 0 aromatic carbocycles. The number of halogens is 2. The molecule has 1 saturated carbocycles. The first-order chi connectivity index (χ1) is 7.13. The number of hydrogen-bond acceptors (Lipinski definition) is 2. The predicted octanol–water partition coefficient (Wildman–Crippen LogP) is 1.96. The SMILES string of the molecule is CNC1CCCCC1CN(C)CC(F)F. The van der Waals surface area contributed by atoms with Gasteiger partial charge in [-0.2, -0.15) is 0 Å². The van der Waals surface area contributed by atoms with Crippen molar-refractivity contribution in [2.75, 3.05) is 27.2 Å². The maximum atomic E-state index is 12.2. The highest BCUT2D eigenvalue weighted by atomic mass is 19.3. The standard InChI is InChI=1S/C11H22F2N2/c1-14-10-6-4-3-5-9(10)7-15(2)8-11(12)13/h9-11,14H,3-8H2,1-2H3. The van der Waals surface area contributed by atoms with Crippen molar-refractivity contribution in [1.29, 1.82) is 0 Å². The Balaban J connectivity index is 2.33. The van der Waals surface area contributed by atoms with E-state index in [0.29, 0.717) is 12.0 Å². The van der Waals surface area contributed by atoms with Gasteiger partial charge in [0.2, 0.25) is 0 Å². The van der Waals surface area contributed by atoms with Crippen LogP contribution in [0.3, 0.4) is 0 Å². The molecule has 1 rings (SSSR count). The first kappa shape index (κ1) is 12.8. The zero-order valence-electron chi connectivity index (χ0n) is 9.68. The molecule has 1 aliphatic rings. The lowest BCUT2D eigenvalue weighted by Crippen LogP contribution is -2.42. The van der Waals surface area contributed by atoms with Crippen LogP contribution in [0.2, 0.25) is 0 Å². The third-order valence-electron chi connectivity index (χ3n) is 3.28. The van der Waals surface area contributed by atoms with Gasteiger partial charge in [0.1, 0.15) is 0 Å². The molecule has 2 atom stereocenters. The van der Waals surface area contributed by atoms with Gasteiger partial charge in [-0.15, -0.1) is 0 Å². The molecule has 4 heteroatoms. The summed E-state index contributed by atoms with van der Waals surface area (Å²) in [7, 11) is 3.75. The van der Waals surface area contributed by atoms with Crippen LogP contribution in [0, 0.1) is 5.92 Å². The molecule has 0 amide bonds. The molecule has 2 nitrogen and oxygen atoms in total. The van der Waals surface area contributed by atoms with Crippen LogP contribution in [-0.2, 0) is 0 Å². The van der Waals surface area contributed by atoms with E-state index in [1.54, 1.807) is 11.9 Å². The molecule has 0 radical (unpaired) electrons. The van der Waals surface area contributed by atoms with Crippen LogP contribution in [-0.4, -0.2) is 44.6 Å². The number of rotatable bonds is 5. The van der Waals surface area contributed by atoms with Crippen molar-refractivity contribution in [2.45, 2.75) is 38.2 Å². The van der Waals surface area contributed by atoms with E-state index in [-0.39, 0.29) is 6.54 Å². The van der Waals surface area contributed by atoms with Gasteiger partial charge >= 0.3 is 0 Å². The molecular weight excluding hydrogens is 198 g/mol. The third kappa shape index (κ3) is 4.43. The van der Waals surface area contributed by atoms with Crippen molar-refractivity contribution >= 4 is 0 Å². The highest BCUT2D eigenvalue weighted by molar-refractivity contribution is 4.81. The Labute approximate surface area is 91.0 Å². The number of nitrogens with zero attached hydrogens (tertiary/aromatic N) is 1. The van der Waals surface area contributed by atoms with E-state index in [1.165, 1.54) is 25.7 Å². The van der Waals surface area contributed by atoms with Gasteiger partial charge < -0.3 is 10.2 Å². The molecule has 0 bridgehead atoms. The van der Waals surface area contributed by atoms with Gasteiger partial charge in [-0.1, -0.05) is 12.8 Å². The largest absolute Gasteiger partial charge is 0.317 e. The Bertz CT molecular complexity index is 176. The summed E-state index contributed by atoms with van der Waals surface area (Å²) in [6.07, 6.45) is 2.64. The summed E-state index contributed by atoms with van der Waals surface area (Å²) in [5, 5.41) is 3.30. The van der Waals surface area contributed by atoms with E-state index >= 15 is 0 Å². The minimum atomic E-state index is -2.22. The minimum Gasteiger partial charge on any atom is -0.317 e. The van der Waals surface area contributed by atoms with Crippen molar-refractivity contribution in [3.05, 3.63) is 0 Å². The topological polar surface area (TPSA) is 15.3 Å². The molecule has 2 unspecified atom stereocenters. The minimum absolute atomic E-state index is 0.104. The lowest BCUT2D eigenvalue weighted by molar-refractivity contribution is 0.0848. The lowest BCUT2D eigenvalue weighted by Gasteiger charge is -2.34. The highest BCUT2D eigenvalue weighted by Crippen LogP contribution is 2.24. The third-order valence-corrected chi connectivity index (χ3v) is 3.28. The average Bonchev–Trinajstić information content (AvgIpc) is 2.17. The van der Waals surface area contributed by atoms with Crippen LogP contribution < -0.4 is 5.32 Å². The second-order valence-corrected chi connectivity index (χ2v) is 4.55. The van der Waals surface area contributed by atoms with E-state index in [0.717, 1.165) is 6.54 Å². The monoisotopic (exact) mass is 220 g/mol. The number of hydrogen-bond donors (Lipinski definition) is 1. The summed E-state index contributed by atoms with van der Waals surface area (Å²) in [6, 6.07) is 0.513. The molecule has 90 valence electrons. The molecule has 0 aliphatic heterocycles. The molecule has 0 saturated heterocycles. The second kappa shape index (κ2) is 6.38. The van der Waals surface area contributed by atoms with Gasteiger partial charge in [0.15, 0.2) is 0 Å². The molecule has 0 aromatic heterocycles. The number of alkyl halides is 2. The summed E-state index contributed by atoms with van der Waals surface area (Å²) < 4.78 is 24.3. The van der Waals surface area contributed by atoms with Crippen LogP contribution in [0.15, 0.2) is 0 Å². The van der Waals surface area contributed by atoms with Crippen LogP contribution in [0.1, 0.15) is 25.7 Å². The average molecular weight is 220 g/mol. The quantitative estimate of drug-likeness (QED) is 0.762. The maximum absolute atomic E-state index is 12.2. The summed E-state index contributed by atoms with van der Waals surface area (Å²) in [5.74, 6) is 0.535. The van der Waals surface area contributed by atoms with Gasteiger partial charge in [-0.05, 0) is 32.9 Å². The van der Waals surface area contributed by atoms with E-state index in [9.17, 15) is 8.78 Å². The Kier molecular flexibility index (Phi) is 5.47. The molecule has 0 spiro atoms. The zero-order valence-corrected chi connectivity index (χ0v) is 9.68. The van der Waals surface area contributed by atoms with Gasteiger partial charge in [0, 0.05) is 12.6 Å². The molecule has 1 N–H and O–H groups in total. The number of nitrogens with one attached hydrogen (secondary N) is 1. The molecular formula is C11H22F2N2. The zero-order chi connectivity index (χ0) is 11.3. The first-order valence-electron chi connectivity index (χ1n) is 5.77. The Hall–Kier alpha value is -0.220. The fourth-order valence-corrected chi connectivity index (χ4v) is 2.52. The molecule has 0 aromatic rings. The van der Waals surface area contributed by atoms with Crippen LogP contribution in [0.25, 0.3) is 0 Å². The van der Waals surface area contributed by atoms with Gasteiger partial charge in [-0.25, -0.2) is 8.78 Å². The fraction of sp³-hybridized carbons (Fsp3) is 1.00. The van der Waals surface area contributed by atoms with Crippen molar-refractivity contribution < 1.29 is 8.78 Å². The lowest BCUT2D eigenvalue weighted by atomic mass is 9.84. The Morgan fingerprint density at radius 1 is 1.33 bits per heavy atom. The van der Waals surface area contributed by atoms with Crippen LogP contribution in [0.4, 0.5) is 8.78 Å². The van der Waals surface area contributed by atoms with E-state index in [4.69, 9.17) is 0 Å². The van der Waals surface area contributed by atoms with Gasteiger partial charge in [0.05, 0.1) is 6.54 Å². The second-order valence-electron chi connectivity index (χ2n) is 4.55. The highest BCUT2D eigenvalue weighted by Gasteiger charge is 2.25.